The molecule has 1 aromatic carbocycles. The maximum Gasteiger partial charge on any atom is 0.317 e. The fourth-order valence-electron chi connectivity index (χ4n) is 3.49. The standard InChI is InChI=1S/C18H23N3O2S/c1-21(15-8-5-9-16(15)24-2)18(23)19-11-12-10-17(22)20-14-7-4-3-6-13(12)14/h3-4,6-7,10,15-16H,5,8-9,11H2,1-2H3,(H,19,23)(H,20,22)/t15-,16+/m0/s1. The summed E-state index contributed by atoms with van der Waals surface area (Å²) in [4.78, 5) is 28.9. The van der Waals surface area contributed by atoms with Crippen LogP contribution in [0.2, 0.25) is 0 Å². The van der Waals surface area contributed by atoms with Gasteiger partial charge >= 0.3 is 6.03 Å². The fraction of sp³-hybridized carbons (Fsp3) is 0.444. The van der Waals surface area contributed by atoms with Gasteiger partial charge in [0.25, 0.3) is 0 Å². The molecule has 1 saturated carbocycles. The van der Waals surface area contributed by atoms with E-state index in [1.54, 1.807) is 6.07 Å². The molecule has 1 aromatic heterocycles. The quantitative estimate of drug-likeness (QED) is 0.895. The number of amides is 2. The lowest BCUT2D eigenvalue weighted by Gasteiger charge is -2.29. The van der Waals surface area contributed by atoms with Gasteiger partial charge in [0, 0.05) is 41.9 Å². The van der Waals surface area contributed by atoms with Crippen LogP contribution in [-0.2, 0) is 6.54 Å². The third-order valence-corrected chi connectivity index (χ3v) is 5.96. The lowest BCUT2D eigenvalue weighted by Crippen LogP contribution is -2.45. The summed E-state index contributed by atoms with van der Waals surface area (Å²) in [6.07, 6.45) is 5.51. The highest BCUT2D eigenvalue weighted by atomic mass is 32.2. The van der Waals surface area contributed by atoms with Crippen molar-refractivity contribution in [1.29, 1.82) is 0 Å². The van der Waals surface area contributed by atoms with Crippen molar-refractivity contribution in [1.82, 2.24) is 15.2 Å². The second-order valence-corrected chi connectivity index (χ2v) is 7.32. The van der Waals surface area contributed by atoms with E-state index in [2.05, 4.69) is 16.6 Å². The summed E-state index contributed by atoms with van der Waals surface area (Å²) in [5, 5.41) is 4.44. The van der Waals surface area contributed by atoms with Gasteiger partial charge in [-0.25, -0.2) is 4.79 Å². The van der Waals surface area contributed by atoms with Gasteiger partial charge in [0.15, 0.2) is 0 Å². The van der Waals surface area contributed by atoms with E-state index in [1.165, 1.54) is 12.8 Å². The number of hydrogen-bond acceptors (Lipinski definition) is 3. The first-order chi connectivity index (χ1) is 11.6. The Kier molecular flexibility index (Phi) is 5.14. The highest BCUT2D eigenvalue weighted by Crippen LogP contribution is 2.31. The van der Waals surface area contributed by atoms with Gasteiger partial charge < -0.3 is 15.2 Å². The smallest absolute Gasteiger partial charge is 0.317 e. The van der Waals surface area contributed by atoms with Crippen LogP contribution in [0.4, 0.5) is 4.79 Å². The molecule has 0 spiro atoms. The molecule has 1 aliphatic rings. The molecule has 0 saturated heterocycles. The summed E-state index contributed by atoms with van der Waals surface area (Å²) >= 11 is 1.84. The summed E-state index contributed by atoms with van der Waals surface area (Å²) in [6, 6.07) is 9.41. The summed E-state index contributed by atoms with van der Waals surface area (Å²) in [5.41, 5.74) is 1.48. The molecule has 128 valence electrons. The van der Waals surface area contributed by atoms with Crippen molar-refractivity contribution in [3.63, 3.8) is 0 Å². The molecule has 2 aromatic rings. The number of fused-ring (bicyclic) bond motifs is 1. The van der Waals surface area contributed by atoms with Crippen LogP contribution in [0, 0.1) is 0 Å². The van der Waals surface area contributed by atoms with Crippen molar-refractivity contribution in [3.8, 4) is 0 Å². The van der Waals surface area contributed by atoms with Crippen molar-refractivity contribution in [2.24, 2.45) is 0 Å². The number of urea groups is 1. The number of aromatic nitrogens is 1. The van der Waals surface area contributed by atoms with Crippen molar-refractivity contribution >= 4 is 28.7 Å². The Bertz CT molecular complexity index is 789. The van der Waals surface area contributed by atoms with Crippen LogP contribution in [0.3, 0.4) is 0 Å². The number of hydrogen-bond donors (Lipinski definition) is 2. The molecule has 0 bridgehead atoms. The minimum Gasteiger partial charge on any atom is -0.334 e. The summed E-state index contributed by atoms with van der Waals surface area (Å²) in [7, 11) is 1.87. The van der Waals surface area contributed by atoms with Crippen molar-refractivity contribution < 1.29 is 4.79 Å². The van der Waals surface area contributed by atoms with E-state index in [0.717, 1.165) is 22.9 Å². The SMILES string of the molecule is CS[C@@H]1CCC[C@@H]1N(C)C(=O)NCc1cc(=O)[nH]c2ccccc12. The topological polar surface area (TPSA) is 65.2 Å². The van der Waals surface area contributed by atoms with E-state index in [9.17, 15) is 9.59 Å². The van der Waals surface area contributed by atoms with Gasteiger partial charge in [-0.05, 0) is 30.7 Å². The largest absolute Gasteiger partial charge is 0.334 e. The van der Waals surface area contributed by atoms with Gasteiger partial charge in [-0.1, -0.05) is 24.6 Å². The zero-order valence-corrected chi connectivity index (χ0v) is 14.9. The Morgan fingerprint density at radius 3 is 2.96 bits per heavy atom. The molecule has 6 heteroatoms. The average molecular weight is 345 g/mol. The highest BCUT2D eigenvalue weighted by Gasteiger charge is 2.32. The lowest BCUT2D eigenvalue weighted by atomic mass is 10.1. The molecule has 1 heterocycles. The van der Waals surface area contributed by atoms with E-state index < -0.39 is 0 Å². The first kappa shape index (κ1) is 16.9. The molecule has 0 radical (unpaired) electrons. The van der Waals surface area contributed by atoms with Gasteiger partial charge in [-0.3, -0.25) is 4.79 Å². The average Bonchev–Trinajstić information content (AvgIpc) is 3.07. The molecular weight excluding hydrogens is 322 g/mol. The van der Waals surface area contributed by atoms with E-state index >= 15 is 0 Å². The van der Waals surface area contributed by atoms with Gasteiger partial charge in [0.2, 0.25) is 5.56 Å². The predicted octanol–water partition coefficient (Wildman–Crippen LogP) is 2.95. The number of para-hydroxylation sites is 1. The second-order valence-electron chi connectivity index (χ2n) is 6.25. The third kappa shape index (κ3) is 3.43. The molecular formula is C18H23N3O2S. The Morgan fingerprint density at radius 2 is 2.17 bits per heavy atom. The highest BCUT2D eigenvalue weighted by molar-refractivity contribution is 7.99. The van der Waals surface area contributed by atoms with Crippen LogP contribution in [0.5, 0.6) is 0 Å². The number of carbonyl (C=O) groups excluding carboxylic acids is 1. The Morgan fingerprint density at radius 1 is 1.38 bits per heavy atom. The van der Waals surface area contributed by atoms with Gasteiger partial charge in [0.05, 0.1) is 0 Å². The molecule has 3 rings (SSSR count). The number of thioether (sulfide) groups is 1. The van der Waals surface area contributed by atoms with Crippen LogP contribution in [0.15, 0.2) is 35.1 Å². The van der Waals surface area contributed by atoms with Crippen LogP contribution >= 0.6 is 11.8 Å². The molecule has 1 aliphatic carbocycles. The lowest BCUT2D eigenvalue weighted by molar-refractivity contribution is 0.191. The van der Waals surface area contributed by atoms with Crippen molar-refractivity contribution in [2.45, 2.75) is 37.1 Å². The number of rotatable bonds is 4. The molecule has 2 amide bonds. The summed E-state index contributed by atoms with van der Waals surface area (Å²) < 4.78 is 0. The zero-order chi connectivity index (χ0) is 17.1. The molecule has 5 nitrogen and oxygen atoms in total. The van der Waals surface area contributed by atoms with Crippen molar-refractivity contribution in [3.05, 3.63) is 46.2 Å². The Labute approximate surface area is 145 Å². The van der Waals surface area contributed by atoms with E-state index in [0.29, 0.717) is 11.8 Å². The number of carbonyl (C=O) groups is 1. The molecule has 24 heavy (non-hydrogen) atoms. The van der Waals surface area contributed by atoms with E-state index in [1.807, 2.05) is 48.0 Å². The van der Waals surface area contributed by atoms with Crippen LogP contribution in [0.25, 0.3) is 10.9 Å². The number of nitrogens with zero attached hydrogens (tertiary/aromatic N) is 1. The van der Waals surface area contributed by atoms with Crippen molar-refractivity contribution in [2.75, 3.05) is 13.3 Å². The predicted molar refractivity (Wildman–Crippen MR) is 99.5 cm³/mol. The van der Waals surface area contributed by atoms with Gasteiger partial charge in [-0.15, -0.1) is 0 Å². The third-order valence-electron chi connectivity index (χ3n) is 4.80. The number of aromatic amines is 1. The summed E-state index contributed by atoms with van der Waals surface area (Å²) in [5.74, 6) is 0. The molecule has 0 unspecified atom stereocenters. The number of nitrogens with one attached hydrogen (secondary N) is 2. The first-order valence-electron chi connectivity index (χ1n) is 8.24. The van der Waals surface area contributed by atoms with E-state index in [4.69, 9.17) is 0 Å². The fourth-order valence-corrected chi connectivity index (χ4v) is 4.53. The minimum absolute atomic E-state index is 0.0784. The van der Waals surface area contributed by atoms with Crippen LogP contribution in [-0.4, -0.2) is 40.5 Å². The van der Waals surface area contributed by atoms with E-state index in [-0.39, 0.29) is 17.6 Å². The van der Waals surface area contributed by atoms with Gasteiger partial charge in [-0.2, -0.15) is 11.8 Å². The zero-order valence-electron chi connectivity index (χ0n) is 14.0. The summed E-state index contributed by atoms with van der Waals surface area (Å²) in [6.45, 7) is 0.351. The first-order valence-corrected chi connectivity index (χ1v) is 9.53. The Hall–Kier alpha value is -1.95. The van der Waals surface area contributed by atoms with Crippen LogP contribution < -0.4 is 10.9 Å². The molecule has 1 fully saturated rings. The number of pyridine rings is 1. The second kappa shape index (κ2) is 7.30. The monoisotopic (exact) mass is 345 g/mol. The maximum absolute atomic E-state index is 12.5. The molecule has 2 N–H and O–H groups in total. The molecule has 2 atom stereocenters. The van der Waals surface area contributed by atoms with Crippen LogP contribution in [0.1, 0.15) is 24.8 Å². The molecule has 0 aliphatic heterocycles. The minimum atomic E-state index is -0.149. The maximum atomic E-state index is 12.5. The van der Waals surface area contributed by atoms with Gasteiger partial charge in [0.1, 0.15) is 0 Å². The normalized spacial score (nSPS) is 20.2. The number of benzene rings is 1. The Balaban J connectivity index is 1.71. The number of H-pyrrole nitrogens is 1.